The first-order valence-electron chi connectivity index (χ1n) is 5.32. The van der Waals surface area contributed by atoms with E-state index in [4.69, 9.17) is 11.6 Å². The third-order valence-corrected chi connectivity index (χ3v) is 2.61. The highest BCUT2D eigenvalue weighted by Crippen LogP contribution is 2.07. The van der Waals surface area contributed by atoms with Crippen molar-refractivity contribution in [2.24, 2.45) is 0 Å². The highest BCUT2D eigenvalue weighted by Gasteiger charge is 2.03. The molecule has 1 rings (SSSR count). The van der Waals surface area contributed by atoms with Crippen LogP contribution in [0.4, 0.5) is 4.39 Å². The predicted molar refractivity (Wildman–Crippen MR) is 62.7 cm³/mol. The molecule has 15 heavy (non-hydrogen) atoms. The highest BCUT2D eigenvalue weighted by molar-refractivity contribution is 6.20. The fraction of sp³-hybridized carbons (Fsp3) is 0.500. The van der Waals surface area contributed by atoms with Crippen LogP contribution in [0.25, 0.3) is 0 Å². The summed E-state index contributed by atoms with van der Waals surface area (Å²) in [6.45, 7) is 3.37. The summed E-state index contributed by atoms with van der Waals surface area (Å²) in [6.07, 6.45) is 2.07. The van der Waals surface area contributed by atoms with E-state index in [1.54, 1.807) is 12.1 Å². The summed E-state index contributed by atoms with van der Waals surface area (Å²) in [5.74, 6) is -0.161. The van der Waals surface area contributed by atoms with E-state index in [1.807, 2.05) is 6.07 Å². The van der Waals surface area contributed by atoms with Crippen molar-refractivity contribution in [2.75, 3.05) is 6.54 Å². The number of nitrogens with one attached hydrogen (secondary N) is 1. The minimum absolute atomic E-state index is 0.141. The summed E-state index contributed by atoms with van der Waals surface area (Å²) in [5.41, 5.74) is 0.692. The lowest BCUT2D eigenvalue weighted by molar-refractivity contribution is 0.576. The lowest BCUT2D eigenvalue weighted by Gasteiger charge is -2.09. The molecule has 1 aromatic carbocycles. The highest BCUT2D eigenvalue weighted by atomic mass is 35.5. The fourth-order valence-corrected chi connectivity index (χ4v) is 1.75. The largest absolute Gasteiger partial charge is 0.311 e. The fourth-order valence-electron chi connectivity index (χ4n) is 1.42. The second kappa shape index (κ2) is 6.81. The average Bonchev–Trinajstić information content (AvgIpc) is 2.21. The molecule has 84 valence electrons. The van der Waals surface area contributed by atoms with Crippen molar-refractivity contribution >= 4 is 11.6 Å². The van der Waals surface area contributed by atoms with Gasteiger partial charge in [0.1, 0.15) is 5.82 Å². The van der Waals surface area contributed by atoms with E-state index in [9.17, 15) is 4.39 Å². The Morgan fingerprint density at radius 3 is 2.80 bits per heavy atom. The maximum absolute atomic E-state index is 13.2. The summed E-state index contributed by atoms with van der Waals surface area (Å²) >= 11 is 6.03. The van der Waals surface area contributed by atoms with E-state index in [2.05, 4.69) is 12.2 Å². The first-order chi connectivity index (χ1) is 7.24. The molecule has 1 aromatic rings. The summed E-state index contributed by atoms with van der Waals surface area (Å²) in [6, 6.07) is 6.79. The molecule has 0 spiro atoms. The van der Waals surface area contributed by atoms with Gasteiger partial charge in [-0.1, -0.05) is 31.5 Å². The van der Waals surface area contributed by atoms with Crippen molar-refractivity contribution in [2.45, 2.75) is 31.7 Å². The molecular weight excluding hydrogens is 213 g/mol. The van der Waals surface area contributed by atoms with Crippen LogP contribution in [0.5, 0.6) is 0 Å². The molecular formula is C12H17ClFN. The summed E-state index contributed by atoms with van der Waals surface area (Å²) in [4.78, 5) is 0. The first-order valence-corrected chi connectivity index (χ1v) is 5.76. The molecule has 0 saturated carbocycles. The van der Waals surface area contributed by atoms with Gasteiger partial charge < -0.3 is 5.32 Å². The first kappa shape index (κ1) is 12.5. The van der Waals surface area contributed by atoms with Crippen LogP contribution in [0, 0.1) is 5.82 Å². The standard InChI is InChI=1S/C12H17ClFN/c1-2-5-11(13)9-15-8-10-6-3-4-7-12(10)14/h3-4,6-7,11,15H,2,5,8-9H2,1H3. The zero-order valence-corrected chi connectivity index (χ0v) is 9.73. The monoisotopic (exact) mass is 229 g/mol. The number of hydrogen-bond donors (Lipinski definition) is 1. The van der Waals surface area contributed by atoms with Gasteiger partial charge in [-0.2, -0.15) is 0 Å². The molecule has 1 unspecified atom stereocenters. The number of benzene rings is 1. The van der Waals surface area contributed by atoms with Crippen LogP contribution in [-0.2, 0) is 6.54 Å². The molecule has 0 aliphatic heterocycles. The molecule has 1 N–H and O–H groups in total. The van der Waals surface area contributed by atoms with Gasteiger partial charge in [-0.25, -0.2) is 4.39 Å². The Hall–Kier alpha value is -0.600. The molecule has 0 bridgehead atoms. The smallest absolute Gasteiger partial charge is 0.127 e. The van der Waals surface area contributed by atoms with Gasteiger partial charge in [-0.15, -0.1) is 11.6 Å². The molecule has 0 radical (unpaired) electrons. The molecule has 1 atom stereocenters. The number of alkyl halides is 1. The zero-order valence-electron chi connectivity index (χ0n) is 8.97. The number of rotatable bonds is 6. The van der Waals surface area contributed by atoms with E-state index in [0.29, 0.717) is 12.1 Å². The quantitative estimate of drug-likeness (QED) is 0.738. The summed E-state index contributed by atoms with van der Waals surface area (Å²) in [7, 11) is 0. The summed E-state index contributed by atoms with van der Waals surface area (Å²) in [5, 5.41) is 3.30. The number of halogens is 2. The van der Waals surface area contributed by atoms with Gasteiger partial charge in [0.05, 0.1) is 0 Å². The van der Waals surface area contributed by atoms with Crippen LogP contribution in [0.1, 0.15) is 25.3 Å². The molecule has 0 amide bonds. The van der Waals surface area contributed by atoms with Gasteiger partial charge >= 0.3 is 0 Å². The van der Waals surface area contributed by atoms with E-state index in [1.165, 1.54) is 6.07 Å². The van der Waals surface area contributed by atoms with Crippen LogP contribution >= 0.6 is 11.6 Å². The Morgan fingerprint density at radius 2 is 2.13 bits per heavy atom. The zero-order chi connectivity index (χ0) is 11.1. The Morgan fingerprint density at radius 1 is 1.40 bits per heavy atom. The maximum Gasteiger partial charge on any atom is 0.127 e. The molecule has 0 heterocycles. The van der Waals surface area contributed by atoms with Crippen molar-refractivity contribution in [3.63, 3.8) is 0 Å². The van der Waals surface area contributed by atoms with E-state index in [0.717, 1.165) is 19.4 Å². The minimum atomic E-state index is -0.161. The molecule has 0 fully saturated rings. The molecule has 1 nitrogen and oxygen atoms in total. The normalized spacial score (nSPS) is 12.7. The van der Waals surface area contributed by atoms with Crippen molar-refractivity contribution in [1.82, 2.24) is 5.32 Å². The van der Waals surface area contributed by atoms with Crippen molar-refractivity contribution in [3.05, 3.63) is 35.6 Å². The lowest BCUT2D eigenvalue weighted by atomic mass is 10.2. The molecule has 0 saturated heterocycles. The maximum atomic E-state index is 13.2. The number of hydrogen-bond acceptors (Lipinski definition) is 1. The van der Waals surface area contributed by atoms with Crippen molar-refractivity contribution in [1.29, 1.82) is 0 Å². The van der Waals surface area contributed by atoms with Crippen LogP contribution in [0.15, 0.2) is 24.3 Å². The van der Waals surface area contributed by atoms with Crippen LogP contribution in [0.2, 0.25) is 0 Å². The van der Waals surface area contributed by atoms with Crippen LogP contribution in [0.3, 0.4) is 0 Å². The van der Waals surface area contributed by atoms with Gasteiger partial charge in [-0.3, -0.25) is 0 Å². The van der Waals surface area contributed by atoms with Crippen LogP contribution in [-0.4, -0.2) is 11.9 Å². The molecule has 0 aliphatic carbocycles. The van der Waals surface area contributed by atoms with Gasteiger partial charge in [0.2, 0.25) is 0 Å². The van der Waals surface area contributed by atoms with E-state index < -0.39 is 0 Å². The molecule has 0 aromatic heterocycles. The Balaban J connectivity index is 2.29. The van der Waals surface area contributed by atoms with Gasteiger partial charge in [0.25, 0.3) is 0 Å². The molecule has 3 heteroatoms. The average molecular weight is 230 g/mol. The Labute approximate surface area is 95.6 Å². The third-order valence-electron chi connectivity index (χ3n) is 2.24. The van der Waals surface area contributed by atoms with Gasteiger partial charge in [0, 0.05) is 24.0 Å². The van der Waals surface area contributed by atoms with Crippen LogP contribution < -0.4 is 5.32 Å². The Kier molecular flexibility index (Phi) is 5.66. The Bertz CT molecular complexity index is 291. The third kappa shape index (κ3) is 4.63. The predicted octanol–water partition coefficient (Wildman–Crippen LogP) is 3.32. The second-order valence-corrected chi connectivity index (χ2v) is 4.23. The lowest BCUT2D eigenvalue weighted by Crippen LogP contribution is -2.23. The second-order valence-electron chi connectivity index (χ2n) is 3.61. The van der Waals surface area contributed by atoms with Gasteiger partial charge in [-0.05, 0) is 12.5 Å². The SMILES string of the molecule is CCCC(Cl)CNCc1ccccc1F. The van der Waals surface area contributed by atoms with E-state index in [-0.39, 0.29) is 11.2 Å². The van der Waals surface area contributed by atoms with Crippen molar-refractivity contribution < 1.29 is 4.39 Å². The topological polar surface area (TPSA) is 12.0 Å². The minimum Gasteiger partial charge on any atom is -0.311 e. The summed E-state index contributed by atoms with van der Waals surface area (Å²) < 4.78 is 13.2. The van der Waals surface area contributed by atoms with Crippen molar-refractivity contribution in [3.8, 4) is 0 Å². The van der Waals surface area contributed by atoms with E-state index >= 15 is 0 Å². The van der Waals surface area contributed by atoms with Gasteiger partial charge in [0.15, 0.2) is 0 Å². The molecule has 0 aliphatic rings.